The Morgan fingerprint density at radius 1 is 0.969 bits per heavy atom. The number of rotatable bonds is 6. The molecule has 11 heteroatoms. The minimum atomic E-state index is -1.76. The van der Waals surface area contributed by atoms with Gasteiger partial charge in [0.05, 0.1) is 23.3 Å². The maximum atomic E-state index is 12.4. The summed E-state index contributed by atoms with van der Waals surface area (Å²) in [5.74, 6) is -1.66. The van der Waals surface area contributed by atoms with Crippen molar-refractivity contribution < 1.29 is 49.0 Å². The molecule has 1 fully saturated rings. The minimum Gasteiger partial charge on any atom is -0.493 e. The predicted octanol–water partition coefficient (Wildman–Crippen LogP) is 0.525. The molecule has 2 aromatic rings. The number of benzene rings is 2. The van der Waals surface area contributed by atoms with E-state index in [1.807, 2.05) is 0 Å². The fraction of sp³-hybridized carbons (Fsp3) is 0.333. The van der Waals surface area contributed by atoms with Crippen LogP contribution in [0.1, 0.15) is 20.7 Å². The smallest absolute Gasteiger partial charge is 0.343 e. The summed E-state index contributed by atoms with van der Waals surface area (Å²) in [6, 6.07) is 10.6. The molecule has 32 heavy (non-hydrogen) atoms. The molecule has 0 aliphatic carbocycles. The van der Waals surface area contributed by atoms with Crippen LogP contribution in [0.15, 0.2) is 42.5 Å². The molecule has 1 unspecified atom stereocenters. The monoisotopic (exact) mass is 468 g/mol. The molecule has 2 aromatic carbocycles. The number of hydrogen-bond donors (Lipinski definition) is 4. The largest absolute Gasteiger partial charge is 0.493 e. The van der Waals surface area contributed by atoms with Crippen LogP contribution in [0.5, 0.6) is 11.5 Å². The molecule has 1 aliphatic rings. The molecular weight excluding hydrogens is 448 g/mol. The number of carbonyl (C=O) groups excluding carboxylic acids is 2. The van der Waals surface area contributed by atoms with Crippen molar-refractivity contribution in [3.05, 3.63) is 58.6 Å². The van der Waals surface area contributed by atoms with Crippen LogP contribution in [0.2, 0.25) is 5.02 Å². The molecule has 5 atom stereocenters. The molecule has 0 saturated carbocycles. The van der Waals surface area contributed by atoms with Gasteiger partial charge in [-0.3, -0.25) is 0 Å². The van der Waals surface area contributed by atoms with Crippen LogP contribution in [0.3, 0.4) is 0 Å². The first-order chi connectivity index (χ1) is 15.2. The zero-order valence-electron chi connectivity index (χ0n) is 16.8. The number of aliphatic hydroxyl groups is 4. The summed E-state index contributed by atoms with van der Waals surface area (Å²) in [5, 5.41) is 38.6. The van der Waals surface area contributed by atoms with Gasteiger partial charge in [0.15, 0.2) is 17.8 Å². The van der Waals surface area contributed by atoms with Crippen molar-refractivity contribution in [3.63, 3.8) is 0 Å². The first-order valence-electron chi connectivity index (χ1n) is 9.42. The van der Waals surface area contributed by atoms with Crippen LogP contribution in [-0.4, -0.2) is 76.8 Å². The van der Waals surface area contributed by atoms with Crippen molar-refractivity contribution in [3.8, 4) is 11.5 Å². The number of halogens is 1. The number of methoxy groups -OCH3 is 1. The zero-order valence-corrected chi connectivity index (χ0v) is 17.5. The van der Waals surface area contributed by atoms with Gasteiger partial charge in [-0.25, -0.2) is 9.59 Å². The minimum absolute atomic E-state index is 0.00310. The molecule has 1 heterocycles. The van der Waals surface area contributed by atoms with Crippen LogP contribution in [-0.2, 0) is 9.47 Å². The van der Waals surface area contributed by atoms with E-state index >= 15 is 0 Å². The van der Waals surface area contributed by atoms with Gasteiger partial charge in [0.2, 0.25) is 0 Å². The third kappa shape index (κ3) is 5.18. The Labute approximate surface area is 187 Å². The maximum Gasteiger partial charge on any atom is 0.343 e. The van der Waals surface area contributed by atoms with Gasteiger partial charge in [-0.15, -0.1) is 0 Å². The summed E-state index contributed by atoms with van der Waals surface area (Å²) in [7, 11) is 1.29. The first kappa shape index (κ1) is 23.9. The topological polar surface area (TPSA) is 152 Å². The fourth-order valence-electron chi connectivity index (χ4n) is 2.97. The molecular formula is C21H21ClO10. The lowest BCUT2D eigenvalue weighted by molar-refractivity contribution is -0.286. The van der Waals surface area contributed by atoms with E-state index in [2.05, 4.69) is 0 Å². The van der Waals surface area contributed by atoms with Crippen molar-refractivity contribution in [2.45, 2.75) is 30.7 Å². The third-order valence-electron chi connectivity index (χ3n) is 4.74. The van der Waals surface area contributed by atoms with Crippen LogP contribution in [0.25, 0.3) is 0 Å². The molecule has 3 rings (SSSR count). The van der Waals surface area contributed by atoms with Gasteiger partial charge >= 0.3 is 11.9 Å². The molecule has 4 N–H and O–H groups in total. The van der Waals surface area contributed by atoms with Crippen LogP contribution in [0.4, 0.5) is 0 Å². The lowest BCUT2D eigenvalue weighted by Gasteiger charge is -2.37. The number of esters is 2. The average molecular weight is 469 g/mol. The van der Waals surface area contributed by atoms with Crippen LogP contribution < -0.4 is 9.47 Å². The number of carbonyl (C=O) groups is 2. The molecule has 172 valence electrons. The second-order valence-corrected chi connectivity index (χ2v) is 7.29. The van der Waals surface area contributed by atoms with Crippen molar-refractivity contribution >= 4 is 23.5 Å². The molecule has 0 radical (unpaired) electrons. The van der Waals surface area contributed by atoms with Gasteiger partial charge in [0, 0.05) is 0 Å². The molecule has 0 aromatic heterocycles. The number of aliphatic hydroxyl groups excluding tert-OH is 4. The Morgan fingerprint density at radius 3 is 2.31 bits per heavy atom. The van der Waals surface area contributed by atoms with Crippen molar-refractivity contribution in [1.82, 2.24) is 0 Å². The molecule has 0 bridgehead atoms. The quantitative estimate of drug-likeness (QED) is 0.349. The number of hydrogen-bond acceptors (Lipinski definition) is 10. The normalized spacial score (nSPS) is 25.1. The second-order valence-electron chi connectivity index (χ2n) is 6.88. The molecule has 1 saturated heterocycles. The highest BCUT2D eigenvalue weighted by atomic mass is 35.5. The lowest BCUT2D eigenvalue weighted by Crippen LogP contribution is -2.58. The molecule has 0 amide bonds. The van der Waals surface area contributed by atoms with E-state index in [1.54, 1.807) is 30.3 Å². The average Bonchev–Trinajstić information content (AvgIpc) is 2.80. The molecule has 1 aliphatic heterocycles. The van der Waals surface area contributed by atoms with E-state index in [9.17, 15) is 30.0 Å². The summed E-state index contributed by atoms with van der Waals surface area (Å²) < 4.78 is 20.5. The van der Waals surface area contributed by atoms with E-state index in [1.165, 1.54) is 19.2 Å². The first-order valence-corrected chi connectivity index (χ1v) is 9.80. The van der Waals surface area contributed by atoms with Gasteiger partial charge in [0.25, 0.3) is 0 Å². The van der Waals surface area contributed by atoms with E-state index in [0.29, 0.717) is 0 Å². The molecule has 10 nitrogen and oxygen atoms in total. The van der Waals surface area contributed by atoms with Gasteiger partial charge in [-0.2, -0.15) is 0 Å². The van der Waals surface area contributed by atoms with Crippen LogP contribution >= 0.6 is 11.6 Å². The fourth-order valence-corrected chi connectivity index (χ4v) is 3.22. The third-order valence-corrected chi connectivity index (χ3v) is 5.02. The SMILES string of the molecule is COc1cc(C(=O)OC[C@H]2OC(O)[C@H](O)[C@@H](O)[C@@H]2O)cc(Cl)c1OC(=O)c1ccccc1. The van der Waals surface area contributed by atoms with Crippen LogP contribution in [0, 0.1) is 0 Å². The highest BCUT2D eigenvalue weighted by molar-refractivity contribution is 6.32. The second kappa shape index (κ2) is 10.3. The van der Waals surface area contributed by atoms with Crippen molar-refractivity contribution in [1.29, 1.82) is 0 Å². The highest BCUT2D eigenvalue weighted by Crippen LogP contribution is 2.37. The van der Waals surface area contributed by atoms with Gasteiger partial charge in [-0.1, -0.05) is 29.8 Å². The van der Waals surface area contributed by atoms with E-state index in [0.717, 1.165) is 0 Å². The highest BCUT2D eigenvalue weighted by Gasteiger charge is 2.43. The Balaban J connectivity index is 1.71. The zero-order chi connectivity index (χ0) is 23.4. The van der Waals surface area contributed by atoms with Crippen molar-refractivity contribution in [2.75, 3.05) is 13.7 Å². The Hall–Kier alpha value is -2.73. The summed E-state index contributed by atoms with van der Waals surface area (Å²) in [5.41, 5.74) is 0.229. The van der Waals surface area contributed by atoms with E-state index in [4.69, 9.17) is 30.5 Å². The summed E-state index contributed by atoms with van der Waals surface area (Å²) in [4.78, 5) is 24.8. The summed E-state index contributed by atoms with van der Waals surface area (Å²) >= 11 is 6.19. The van der Waals surface area contributed by atoms with Gasteiger partial charge < -0.3 is 39.4 Å². The van der Waals surface area contributed by atoms with Crippen molar-refractivity contribution in [2.24, 2.45) is 0 Å². The van der Waals surface area contributed by atoms with Gasteiger partial charge in [0.1, 0.15) is 31.0 Å². The summed E-state index contributed by atoms with van der Waals surface area (Å²) in [6.45, 7) is -0.536. The summed E-state index contributed by atoms with van der Waals surface area (Å²) in [6.07, 6.45) is -8.03. The molecule has 0 spiro atoms. The lowest BCUT2D eigenvalue weighted by atomic mass is 9.99. The Morgan fingerprint density at radius 2 is 1.66 bits per heavy atom. The Kier molecular flexibility index (Phi) is 7.67. The number of ether oxygens (including phenoxy) is 4. The van der Waals surface area contributed by atoms with E-state index < -0.39 is 49.3 Å². The maximum absolute atomic E-state index is 12.4. The Bertz CT molecular complexity index is 967. The standard InChI is InChI=1S/C21H21ClO10/c1-29-13-8-11(7-12(22)18(13)32-20(27)10-5-3-2-4-6-10)19(26)30-9-14-15(23)16(24)17(25)21(28)31-14/h2-8,14-17,21,23-25,28H,9H2,1H3/t14-,15-,16+,17-,21?/m1/s1. The van der Waals surface area contributed by atoms with Gasteiger partial charge in [-0.05, 0) is 24.3 Å². The predicted molar refractivity (Wildman–Crippen MR) is 109 cm³/mol. The van der Waals surface area contributed by atoms with E-state index in [-0.39, 0.29) is 27.6 Å².